The van der Waals surface area contributed by atoms with Gasteiger partial charge in [-0.05, 0) is 58.5 Å². The first-order chi connectivity index (χ1) is 9.33. The fourth-order valence-corrected chi connectivity index (χ4v) is 3.60. The van der Waals surface area contributed by atoms with E-state index >= 15 is 0 Å². The van der Waals surface area contributed by atoms with Gasteiger partial charge in [-0.2, -0.15) is 0 Å². The van der Waals surface area contributed by atoms with Crippen LogP contribution in [0.25, 0.3) is 0 Å². The molecule has 3 N–H and O–H groups in total. The number of primary amides is 1. The third-order valence-corrected chi connectivity index (χ3v) is 4.80. The predicted molar refractivity (Wildman–Crippen MR) is 84.5 cm³/mol. The molecule has 0 aliphatic heterocycles. The van der Waals surface area contributed by atoms with Gasteiger partial charge in [0.1, 0.15) is 5.54 Å². The van der Waals surface area contributed by atoms with E-state index in [-0.39, 0.29) is 5.91 Å². The summed E-state index contributed by atoms with van der Waals surface area (Å²) >= 11 is 0. The summed E-state index contributed by atoms with van der Waals surface area (Å²) in [7, 11) is 1.87. The Labute approximate surface area is 124 Å². The summed E-state index contributed by atoms with van der Waals surface area (Å²) in [5, 5.41) is 3.23. The molecule has 118 valence electrons. The zero-order valence-electron chi connectivity index (χ0n) is 13.9. The molecule has 0 bridgehead atoms. The lowest BCUT2D eigenvalue weighted by Crippen LogP contribution is -2.57. The largest absolute Gasteiger partial charge is 0.368 e. The van der Waals surface area contributed by atoms with E-state index in [0.717, 1.165) is 38.8 Å². The number of carbonyl (C=O) groups excluding carboxylic acids is 1. The van der Waals surface area contributed by atoms with Crippen LogP contribution in [0.3, 0.4) is 0 Å². The van der Waals surface area contributed by atoms with E-state index in [1.54, 1.807) is 0 Å². The van der Waals surface area contributed by atoms with Gasteiger partial charge in [0.15, 0.2) is 0 Å². The van der Waals surface area contributed by atoms with Gasteiger partial charge in [-0.1, -0.05) is 20.3 Å². The van der Waals surface area contributed by atoms with Gasteiger partial charge in [-0.3, -0.25) is 4.79 Å². The van der Waals surface area contributed by atoms with Crippen molar-refractivity contribution in [3.8, 4) is 0 Å². The van der Waals surface area contributed by atoms with Gasteiger partial charge in [0.25, 0.3) is 0 Å². The minimum absolute atomic E-state index is 0.178. The monoisotopic (exact) mass is 283 g/mol. The summed E-state index contributed by atoms with van der Waals surface area (Å²) in [6.07, 6.45) is 4.14. The van der Waals surface area contributed by atoms with Gasteiger partial charge in [0.05, 0.1) is 0 Å². The van der Waals surface area contributed by atoms with Crippen LogP contribution in [0, 0.1) is 11.8 Å². The Morgan fingerprint density at radius 2 is 2.05 bits per heavy atom. The molecule has 1 saturated carbocycles. The van der Waals surface area contributed by atoms with Gasteiger partial charge in [0.2, 0.25) is 5.91 Å². The van der Waals surface area contributed by atoms with Gasteiger partial charge in [-0.15, -0.1) is 0 Å². The summed E-state index contributed by atoms with van der Waals surface area (Å²) in [4.78, 5) is 14.4. The zero-order chi connectivity index (χ0) is 15.3. The van der Waals surface area contributed by atoms with Crippen molar-refractivity contribution in [3.63, 3.8) is 0 Å². The second-order valence-electron chi connectivity index (χ2n) is 6.95. The van der Waals surface area contributed by atoms with Crippen LogP contribution in [0.5, 0.6) is 0 Å². The lowest BCUT2D eigenvalue weighted by molar-refractivity contribution is -0.125. The number of hydrogen-bond acceptors (Lipinski definition) is 3. The Hall–Kier alpha value is -0.610. The third-order valence-electron chi connectivity index (χ3n) is 4.80. The van der Waals surface area contributed by atoms with Crippen LogP contribution in [0.2, 0.25) is 0 Å². The molecule has 1 rings (SSSR count). The van der Waals surface area contributed by atoms with Crippen molar-refractivity contribution in [2.24, 2.45) is 17.6 Å². The molecule has 1 fully saturated rings. The van der Waals surface area contributed by atoms with Crippen LogP contribution in [-0.2, 0) is 4.79 Å². The SMILES string of the molecule is CNC1(C(N)=O)CCCC1CCN(CC(C)C)C(C)C. The highest BCUT2D eigenvalue weighted by atomic mass is 16.1. The number of nitrogens with two attached hydrogens (primary N) is 1. The Balaban J connectivity index is 2.64. The number of carbonyl (C=O) groups is 1. The molecule has 0 radical (unpaired) electrons. The Bertz CT molecular complexity index is 317. The van der Waals surface area contributed by atoms with E-state index < -0.39 is 5.54 Å². The minimum Gasteiger partial charge on any atom is -0.368 e. The predicted octanol–water partition coefficient (Wildman–Crippen LogP) is 1.99. The highest BCUT2D eigenvalue weighted by molar-refractivity contribution is 5.85. The molecule has 1 aliphatic carbocycles. The molecule has 0 heterocycles. The van der Waals surface area contributed by atoms with Gasteiger partial charge < -0.3 is 16.0 Å². The first kappa shape index (κ1) is 17.4. The number of likely N-dealkylation sites (N-methyl/N-ethyl adjacent to an activating group) is 1. The normalized spacial score (nSPS) is 26.9. The smallest absolute Gasteiger partial charge is 0.238 e. The maximum atomic E-state index is 11.9. The fraction of sp³-hybridized carbons (Fsp3) is 0.938. The molecule has 0 saturated heterocycles. The summed E-state index contributed by atoms with van der Waals surface area (Å²) in [5.74, 6) is 0.868. The molecule has 1 aliphatic rings. The van der Waals surface area contributed by atoms with Gasteiger partial charge in [-0.25, -0.2) is 0 Å². The van der Waals surface area contributed by atoms with E-state index in [0.29, 0.717) is 17.9 Å². The third kappa shape index (κ3) is 3.95. The summed E-state index contributed by atoms with van der Waals surface area (Å²) in [5.41, 5.74) is 5.19. The average Bonchev–Trinajstić information content (AvgIpc) is 2.77. The van der Waals surface area contributed by atoms with Crippen LogP contribution >= 0.6 is 0 Å². The van der Waals surface area contributed by atoms with Crippen molar-refractivity contribution in [1.82, 2.24) is 10.2 Å². The van der Waals surface area contributed by atoms with Crippen LogP contribution in [0.15, 0.2) is 0 Å². The topological polar surface area (TPSA) is 58.4 Å². The van der Waals surface area contributed by atoms with Crippen molar-refractivity contribution in [3.05, 3.63) is 0 Å². The Kier molecular flexibility index (Phi) is 6.46. The number of nitrogens with zero attached hydrogens (tertiary/aromatic N) is 1. The van der Waals surface area contributed by atoms with Crippen LogP contribution in [0.4, 0.5) is 0 Å². The molecule has 4 nitrogen and oxygen atoms in total. The average molecular weight is 283 g/mol. The second kappa shape index (κ2) is 7.41. The van der Waals surface area contributed by atoms with Crippen molar-refractivity contribution >= 4 is 5.91 Å². The second-order valence-corrected chi connectivity index (χ2v) is 6.95. The number of rotatable bonds is 8. The maximum Gasteiger partial charge on any atom is 0.238 e. The van der Waals surface area contributed by atoms with Crippen molar-refractivity contribution < 1.29 is 4.79 Å². The Morgan fingerprint density at radius 1 is 1.40 bits per heavy atom. The zero-order valence-corrected chi connectivity index (χ0v) is 13.9. The van der Waals surface area contributed by atoms with E-state index in [2.05, 4.69) is 37.9 Å². The van der Waals surface area contributed by atoms with E-state index in [1.165, 1.54) is 0 Å². The van der Waals surface area contributed by atoms with Crippen LogP contribution in [0.1, 0.15) is 53.4 Å². The molecule has 0 aromatic rings. The van der Waals surface area contributed by atoms with E-state index in [9.17, 15) is 4.79 Å². The maximum absolute atomic E-state index is 11.9. The molecule has 0 aromatic heterocycles. The molecule has 20 heavy (non-hydrogen) atoms. The molecular formula is C16H33N3O. The Morgan fingerprint density at radius 3 is 2.50 bits per heavy atom. The van der Waals surface area contributed by atoms with Gasteiger partial charge in [0, 0.05) is 12.6 Å². The molecule has 2 atom stereocenters. The summed E-state index contributed by atoms with van der Waals surface area (Å²) < 4.78 is 0. The summed E-state index contributed by atoms with van der Waals surface area (Å²) in [6, 6.07) is 0.552. The van der Waals surface area contributed by atoms with Crippen molar-refractivity contribution in [2.45, 2.75) is 65.0 Å². The number of amides is 1. The quantitative estimate of drug-likeness (QED) is 0.716. The van der Waals surface area contributed by atoms with Crippen LogP contribution < -0.4 is 11.1 Å². The fourth-order valence-electron chi connectivity index (χ4n) is 3.60. The summed E-state index contributed by atoms with van der Waals surface area (Å²) in [6.45, 7) is 11.2. The van der Waals surface area contributed by atoms with E-state index in [4.69, 9.17) is 5.73 Å². The first-order valence-electron chi connectivity index (χ1n) is 8.06. The number of nitrogens with one attached hydrogen (secondary N) is 1. The molecule has 4 heteroatoms. The van der Waals surface area contributed by atoms with Crippen molar-refractivity contribution in [1.29, 1.82) is 0 Å². The lowest BCUT2D eigenvalue weighted by Gasteiger charge is -2.35. The highest BCUT2D eigenvalue weighted by Gasteiger charge is 2.46. The molecular weight excluding hydrogens is 250 g/mol. The standard InChI is InChI=1S/C16H33N3O/c1-12(2)11-19(13(3)4)10-8-14-7-6-9-16(14,18-5)15(17)20/h12-14,18H,6-11H2,1-5H3,(H2,17,20). The molecule has 2 unspecified atom stereocenters. The lowest BCUT2D eigenvalue weighted by atomic mass is 9.84. The van der Waals surface area contributed by atoms with Gasteiger partial charge >= 0.3 is 0 Å². The van der Waals surface area contributed by atoms with Crippen molar-refractivity contribution in [2.75, 3.05) is 20.1 Å². The highest BCUT2D eigenvalue weighted by Crippen LogP contribution is 2.37. The van der Waals surface area contributed by atoms with Crippen LogP contribution in [-0.4, -0.2) is 42.5 Å². The first-order valence-corrected chi connectivity index (χ1v) is 8.06. The van der Waals surface area contributed by atoms with E-state index in [1.807, 2.05) is 7.05 Å². The molecule has 0 aromatic carbocycles. The number of hydrogen-bond donors (Lipinski definition) is 2. The molecule has 1 amide bonds. The molecule has 0 spiro atoms. The minimum atomic E-state index is -0.472.